The highest BCUT2D eigenvalue weighted by Gasteiger charge is 2.81. The van der Waals surface area contributed by atoms with Gasteiger partial charge in [0.05, 0.1) is 0 Å². The Labute approximate surface area is 324 Å². The van der Waals surface area contributed by atoms with E-state index in [9.17, 15) is 0 Å². The average Bonchev–Trinajstić information content (AvgIpc) is 3.99. The van der Waals surface area contributed by atoms with Crippen molar-refractivity contribution >= 4 is 0 Å². The fourth-order valence-electron chi connectivity index (χ4n) is 17.1. The second kappa shape index (κ2) is 8.21. The Balaban J connectivity index is 1.03. The standard InChI is InChI=1S/C54H46O/c1-47-33-17-9-13-21-37(33)49(3)41-25-29-30(26-42(41)50(4,53(47,49)7)38-22-14-10-18-34(38)47)46-32-28-44-43(27-31(32)45(29)55-46)51(5)39-23-15-11-19-35(39)48(2)36-20-12-16-24-40(36)52(44,6)54(48,51)8/h9-28,45-46H,1-8H3/t45?,46?,47?,48?,49-,50+,51-,52+,53?,54?. The van der Waals surface area contributed by atoms with Crippen molar-refractivity contribution in [3.05, 3.63) is 210 Å². The summed E-state index contributed by atoms with van der Waals surface area (Å²) in [5, 5.41) is 0. The molecule has 2 heterocycles. The van der Waals surface area contributed by atoms with Crippen LogP contribution >= 0.6 is 0 Å². The molecule has 14 rings (SSSR count). The molecular weight excluding hydrogens is 665 g/mol. The van der Waals surface area contributed by atoms with E-state index in [0.717, 1.165) is 0 Å². The minimum atomic E-state index is -0.154. The van der Waals surface area contributed by atoms with E-state index < -0.39 is 0 Å². The van der Waals surface area contributed by atoms with Crippen molar-refractivity contribution in [2.75, 3.05) is 0 Å². The molecule has 0 fully saturated rings. The first-order valence-corrected chi connectivity index (χ1v) is 20.7. The molecule has 6 aromatic rings. The van der Waals surface area contributed by atoms with Gasteiger partial charge in [0.2, 0.25) is 0 Å². The van der Waals surface area contributed by atoms with Gasteiger partial charge in [0.15, 0.2) is 0 Å². The van der Waals surface area contributed by atoms with E-state index in [4.69, 9.17) is 4.74 Å². The Hall–Kier alpha value is -4.72. The fourth-order valence-corrected chi connectivity index (χ4v) is 17.1. The Kier molecular flexibility index (Phi) is 4.55. The van der Waals surface area contributed by atoms with E-state index in [-0.39, 0.29) is 55.5 Å². The van der Waals surface area contributed by atoms with Crippen LogP contribution in [0, 0.1) is 10.8 Å². The highest BCUT2D eigenvalue weighted by Crippen LogP contribution is 2.84. The van der Waals surface area contributed by atoms with Crippen LogP contribution in [0.25, 0.3) is 0 Å². The summed E-state index contributed by atoms with van der Waals surface area (Å²) in [4.78, 5) is 0. The molecule has 2 aliphatic heterocycles. The summed E-state index contributed by atoms with van der Waals surface area (Å²) >= 11 is 0. The Morgan fingerprint density at radius 2 is 0.473 bits per heavy atom. The molecule has 55 heavy (non-hydrogen) atoms. The van der Waals surface area contributed by atoms with Gasteiger partial charge in [-0.15, -0.1) is 0 Å². The lowest BCUT2D eigenvalue weighted by Gasteiger charge is -2.49. The number of hydrogen-bond acceptors (Lipinski definition) is 1. The minimum Gasteiger partial charge on any atom is -0.356 e. The highest BCUT2D eigenvalue weighted by molar-refractivity contribution is 5.80. The largest absolute Gasteiger partial charge is 0.356 e. The number of benzene rings is 6. The average molecular weight is 711 g/mol. The summed E-state index contributed by atoms with van der Waals surface area (Å²) in [6, 6.07) is 48.2. The molecule has 0 amide bonds. The lowest BCUT2D eigenvalue weighted by Crippen LogP contribution is -2.51. The van der Waals surface area contributed by atoms with Crippen molar-refractivity contribution in [3.63, 3.8) is 0 Å². The van der Waals surface area contributed by atoms with Crippen molar-refractivity contribution in [3.8, 4) is 0 Å². The van der Waals surface area contributed by atoms with Crippen molar-refractivity contribution < 1.29 is 4.74 Å². The van der Waals surface area contributed by atoms with Crippen LogP contribution in [-0.4, -0.2) is 0 Å². The first-order chi connectivity index (χ1) is 26.3. The molecule has 6 aromatic carbocycles. The molecular formula is C54H46O. The first kappa shape index (κ1) is 30.5. The van der Waals surface area contributed by atoms with Gasteiger partial charge in [-0.1, -0.05) is 177 Å². The van der Waals surface area contributed by atoms with Gasteiger partial charge in [0, 0.05) is 43.3 Å². The molecule has 8 atom stereocenters. The predicted octanol–water partition coefficient (Wildman–Crippen LogP) is 11.7. The first-order valence-electron chi connectivity index (χ1n) is 20.7. The Morgan fingerprint density at radius 3 is 0.673 bits per heavy atom. The van der Waals surface area contributed by atoms with E-state index in [0.29, 0.717) is 0 Å². The monoisotopic (exact) mass is 710 g/mol. The molecule has 0 saturated carbocycles. The number of ether oxygens (including phenoxy) is 1. The number of fused-ring (bicyclic) bond motifs is 26. The molecule has 1 heteroatoms. The van der Waals surface area contributed by atoms with Gasteiger partial charge >= 0.3 is 0 Å². The lowest BCUT2D eigenvalue weighted by molar-refractivity contribution is 0.0839. The quantitative estimate of drug-likeness (QED) is 0.152. The molecule has 2 bridgehead atoms. The van der Waals surface area contributed by atoms with Crippen molar-refractivity contribution in [2.24, 2.45) is 10.8 Å². The van der Waals surface area contributed by atoms with E-state index in [1.165, 1.54) is 89.0 Å². The number of hydrogen-bond donors (Lipinski definition) is 0. The molecule has 0 aromatic heterocycles. The molecule has 6 aliphatic carbocycles. The van der Waals surface area contributed by atoms with Crippen LogP contribution in [0.2, 0.25) is 0 Å². The van der Waals surface area contributed by atoms with Crippen molar-refractivity contribution in [1.82, 2.24) is 0 Å². The van der Waals surface area contributed by atoms with Crippen LogP contribution in [0.5, 0.6) is 0 Å². The zero-order chi connectivity index (χ0) is 37.2. The Morgan fingerprint density at radius 1 is 0.291 bits per heavy atom. The molecule has 0 N–H and O–H groups in total. The zero-order valence-electron chi connectivity index (χ0n) is 33.1. The lowest BCUT2D eigenvalue weighted by atomic mass is 9.52. The minimum absolute atomic E-state index is 0.0504. The summed E-state index contributed by atoms with van der Waals surface area (Å²) in [7, 11) is 0. The van der Waals surface area contributed by atoms with Crippen LogP contribution in [0.1, 0.15) is 157 Å². The van der Waals surface area contributed by atoms with Crippen LogP contribution < -0.4 is 0 Å². The summed E-state index contributed by atoms with van der Waals surface area (Å²) in [6.07, 6.45) is -0.101. The van der Waals surface area contributed by atoms with Gasteiger partial charge in [-0.05, 0) is 89.0 Å². The smallest absolute Gasteiger partial charge is 0.110 e. The molecule has 8 aliphatic rings. The van der Waals surface area contributed by atoms with Crippen LogP contribution in [-0.2, 0) is 37.2 Å². The Bertz CT molecular complexity index is 2530. The second-order valence-corrected chi connectivity index (χ2v) is 20.1. The maximum Gasteiger partial charge on any atom is 0.110 e. The maximum atomic E-state index is 7.25. The predicted molar refractivity (Wildman–Crippen MR) is 218 cm³/mol. The van der Waals surface area contributed by atoms with Crippen LogP contribution in [0.4, 0.5) is 0 Å². The van der Waals surface area contributed by atoms with E-state index in [2.05, 4.69) is 177 Å². The van der Waals surface area contributed by atoms with Gasteiger partial charge in [-0.25, -0.2) is 0 Å². The van der Waals surface area contributed by atoms with Gasteiger partial charge < -0.3 is 4.74 Å². The molecule has 0 radical (unpaired) electrons. The molecule has 1 nitrogen and oxygen atoms in total. The SMILES string of the molecule is CC12c3ccccc3[C@@]3(C)c4cc5c(cc4[C@@](C)(c4ccccc41)C23C)C1OC5c2cc3c(cc21)[C@@]1(C)c2ccccc2C2(C)c4ccccc4[C@]3(C)C21C. The third-order valence-corrected chi connectivity index (χ3v) is 20.0. The van der Waals surface area contributed by atoms with E-state index in [1.54, 1.807) is 0 Å². The molecule has 0 saturated heterocycles. The van der Waals surface area contributed by atoms with Gasteiger partial charge in [0.25, 0.3) is 0 Å². The number of rotatable bonds is 0. The van der Waals surface area contributed by atoms with Crippen molar-refractivity contribution in [2.45, 2.75) is 100 Å². The maximum absolute atomic E-state index is 7.25. The highest BCUT2D eigenvalue weighted by atomic mass is 16.5. The van der Waals surface area contributed by atoms with E-state index >= 15 is 0 Å². The third kappa shape index (κ3) is 2.33. The third-order valence-electron chi connectivity index (χ3n) is 20.0. The van der Waals surface area contributed by atoms with E-state index in [1.807, 2.05) is 0 Å². The fraction of sp³-hybridized carbons (Fsp3) is 0.333. The summed E-state index contributed by atoms with van der Waals surface area (Å²) in [6.45, 7) is 20.7. The van der Waals surface area contributed by atoms with Crippen LogP contribution in [0.3, 0.4) is 0 Å². The molecule has 0 spiro atoms. The topological polar surface area (TPSA) is 9.23 Å². The van der Waals surface area contributed by atoms with Crippen LogP contribution in [0.15, 0.2) is 121 Å². The summed E-state index contributed by atoms with van der Waals surface area (Å²) < 4.78 is 7.25. The van der Waals surface area contributed by atoms with Crippen molar-refractivity contribution in [1.29, 1.82) is 0 Å². The van der Waals surface area contributed by atoms with Gasteiger partial charge in [-0.2, -0.15) is 0 Å². The second-order valence-electron chi connectivity index (χ2n) is 20.1. The normalized spacial score (nSPS) is 40.9. The van der Waals surface area contributed by atoms with Gasteiger partial charge in [0.1, 0.15) is 12.2 Å². The van der Waals surface area contributed by atoms with Gasteiger partial charge in [-0.3, -0.25) is 0 Å². The molecule has 4 unspecified atom stereocenters. The molecule has 268 valence electrons. The zero-order valence-corrected chi connectivity index (χ0v) is 33.1. The summed E-state index contributed by atoms with van der Waals surface area (Å²) in [5.41, 5.74) is 22.7. The summed E-state index contributed by atoms with van der Waals surface area (Å²) in [5.74, 6) is 0.